The third-order valence-electron chi connectivity index (χ3n) is 5.17. The van der Waals surface area contributed by atoms with Crippen LogP contribution in [0.15, 0.2) is 24.3 Å². The molecule has 158 valence electrons. The van der Waals surface area contributed by atoms with Crippen molar-refractivity contribution in [3.05, 3.63) is 29.8 Å². The van der Waals surface area contributed by atoms with Crippen LogP contribution < -0.4 is 10.1 Å². The van der Waals surface area contributed by atoms with Crippen molar-refractivity contribution in [2.45, 2.75) is 38.9 Å². The molecule has 0 saturated carbocycles. The molecule has 1 aliphatic rings. The van der Waals surface area contributed by atoms with Crippen molar-refractivity contribution in [3.63, 3.8) is 0 Å². The summed E-state index contributed by atoms with van der Waals surface area (Å²) in [6.07, 6.45) is -2.34. The minimum Gasteiger partial charge on any atom is -0.484 e. The van der Waals surface area contributed by atoms with Gasteiger partial charge in [-0.15, -0.1) is 0 Å². The van der Waals surface area contributed by atoms with Gasteiger partial charge in [-0.3, -0.25) is 9.69 Å². The topological polar surface area (TPSA) is 50.8 Å². The maximum absolute atomic E-state index is 12.6. The molecule has 2 rings (SSSR count). The average molecular weight is 402 g/mol. The first-order chi connectivity index (χ1) is 13.3. The summed E-state index contributed by atoms with van der Waals surface area (Å²) in [5.74, 6) is 0.409. The van der Waals surface area contributed by atoms with Crippen molar-refractivity contribution in [1.29, 1.82) is 0 Å². The fraction of sp³-hybridized carbons (Fsp3) is 0.650. The van der Waals surface area contributed by atoms with E-state index < -0.39 is 11.7 Å². The second kappa shape index (κ2) is 10.7. The molecule has 0 bridgehead atoms. The molecule has 5 nitrogen and oxygen atoms in total. The van der Waals surface area contributed by atoms with Crippen molar-refractivity contribution in [3.8, 4) is 5.75 Å². The summed E-state index contributed by atoms with van der Waals surface area (Å²) < 4.78 is 48.4. The van der Waals surface area contributed by atoms with Gasteiger partial charge in [0.25, 0.3) is 5.91 Å². The molecule has 0 aromatic heterocycles. The smallest absolute Gasteiger partial charge is 0.416 e. The van der Waals surface area contributed by atoms with E-state index >= 15 is 0 Å². The number of benzene rings is 1. The first kappa shape index (κ1) is 22.5. The number of hydrogen-bond donors (Lipinski definition) is 1. The van der Waals surface area contributed by atoms with E-state index in [-0.39, 0.29) is 24.3 Å². The molecule has 1 unspecified atom stereocenters. The molecule has 0 aliphatic carbocycles. The van der Waals surface area contributed by atoms with Crippen LogP contribution in [-0.4, -0.2) is 56.3 Å². The molecule has 0 radical (unpaired) electrons. The van der Waals surface area contributed by atoms with Gasteiger partial charge in [0, 0.05) is 25.7 Å². The Kier molecular flexibility index (Phi) is 8.57. The summed E-state index contributed by atoms with van der Waals surface area (Å²) in [4.78, 5) is 14.5. The number of amides is 1. The van der Waals surface area contributed by atoms with E-state index in [4.69, 9.17) is 9.47 Å². The first-order valence-corrected chi connectivity index (χ1v) is 9.73. The maximum atomic E-state index is 12.6. The second-order valence-corrected chi connectivity index (χ2v) is 6.91. The number of carbonyl (C=O) groups excluding carboxylic acids is 1. The Labute approximate surface area is 164 Å². The molecule has 1 N–H and O–H groups in total. The Balaban J connectivity index is 1.84. The zero-order valence-electron chi connectivity index (χ0n) is 16.4. The van der Waals surface area contributed by atoms with E-state index in [0.29, 0.717) is 25.7 Å². The van der Waals surface area contributed by atoms with Gasteiger partial charge >= 0.3 is 6.18 Å². The van der Waals surface area contributed by atoms with Gasteiger partial charge in [-0.1, -0.05) is 26.7 Å². The molecule has 0 spiro atoms. The Morgan fingerprint density at radius 2 is 1.79 bits per heavy atom. The number of alkyl halides is 3. The molecule has 1 aliphatic heterocycles. The molecule has 1 aromatic carbocycles. The molecule has 1 amide bonds. The van der Waals surface area contributed by atoms with Crippen molar-refractivity contribution in [1.82, 2.24) is 10.2 Å². The van der Waals surface area contributed by atoms with E-state index in [9.17, 15) is 18.0 Å². The molecule has 1 fully saturated rings. The lowest BCUT2D eigenvalue weighted by Gasteiger charge is -2.38. The summed E-state index contributed by atoms with van der Waals surface area (Å²) >= 11 is 0. The SMILES string of the molecule is CCC(CC)C(CNC(=O)COc1ccc(C(F)(F)F)cc1)N1CCOCC1. The van der Waals surface area contributed by atoms with Crippen molar-refractivity contribution < 1.29 is 27.4 Å². The third kappa shape index (κ3) is 6.67. The van der Waals surface area contributed by atoms with E-state index in [0.717, 1.165) is 38.1 Å². The van der Waals surface area contributed by atoms with Gasteiger partial charge in [-0.2, -0.15) is 13.2 Å². The molecule has 1 aromatic rings. The molecule has 1 saturated heterocycles. The summed E-state index contributed by atoms with van der Waals surface area (Å²) in [5, 5.41) is 2.91. The second-order valence-electron chi connectivity index (χ2n) is 6.91. The quantitative estimate of drug-likeness (QED) is 0.688. The van der Waals surface area contributed by atoms with E-state index in [1.165, 1.54) is 12.1 Å². The molecule has 1 atom stereocenters. The highest BCUT2D eigenvalue weighted by molar-refractivity contribution is 5.77. The number of halogens is 3. The highest BCUT2D eigenvalue weighted by Gasteiger charge is 2.30. The van der Waals surface area contributed by atoms with Crippen LogP contribution >= 0.6 is 0 Å². The molecule has 1 heterocycles. The number of hydrogen-bond acceptors (Lipinski definition) is 4. The minimum atomic E-state index is -4.39. The van der Waals surface area contributed by atoms with E-state index in [2.05, 4.69) is 24.1 Å². The van der Waals surface area contributed by atoms with Gasteiger partial charge in [-0.05, 0) is 30.2 Å². The van der Waals surface area contributed by atoms with Crippen LogP contribution in [0.5, 0.6) is 5.75 Å². The number of nitrogens with one attached hydrogen (secondary N) is 1. The van der Waals surface area contributed by atoms with Crippen molar-refractivity contribution >= 4 is 5.91 Å². The van der Waals surface area contributed by atoms with Gasteiger partial charge in [0.15, 0.2) is 6.61 Å². The number of ether oxygens (including phenoxy) is 2. The van der Waals surface area contributed by atoms with Crippen LogP contribution in [-0.2, 0) is 15.7 Å². The average Bonchev–Trinajstić information content (AvgIpc) is 2.70. The Hall–Kier alpha value is -1.80. The zero-order valence-corrected chi connectivity index (χ0v) is 16.4. The van der Waals surface area contributed by atoms with E-state index in [1.807, 2.05) is 0 Å². The fourth-order valence-corrected chi connectivity index (χ4v) is 3.49. The molecular formula is C20H29F3N2O3. The largest absolute Gasteiger partial charge is 0.484 e. The predicted octanol–water partition coefficient (Wildman–Crippen LogP) is 3.34. The summed E-state index contributed by atoms with van der Waals surface area (Å²) in [5.41, 5.74) is -0.747. The van der Waals surface area contributed by atoms with Crippen LogP contribution in [0.25, 0.3) is 0 Å². The van der Waals surface area contributed by atoms with Gasteiger partial charge in [-0.25, -0.2) is 0 Å². The summed E-state index contributed by atoms with van der Waals surface area (Å²) in [6.45, 7) is 7.67. The summed E-state index contributed by atoms with van der Waals surface area (Å²) in [7, 11) is 0. The number of rotatable bonds is 9. The maximum Gasteiger partial charge on any atom is 0.416 e. The standard InChI is InChI=1S/C20H29F3N2O3/c1-3-15(4-2)18(25-9-11-27-12-10-25)13-24-19(26)14-28-17-7-5-16(6-8-17)20(21,22)23/h5-8,15,18H,3-4,9-14H2,1-2H3,(H,24,26). The van der Waals surface area contributed by atoms with E-state index in [1.54, 1.807) is 0 Å². The minimum absolute atomic E-state index is 0.230. The van der Waals surface area contributed by atoms with Crippen LogP contribution in [0.3, 0.4) is 0 Å². The van der Waals surface area contributed by atoms with Crippen LogP contribution in [0, 0.1) is 5.92 Å². The first-order valence-electron chi connectivity index (χ1n) is 9.73. The lowest BCUT2D eigenvalue weighted by atomic mass is 9.92. The number of morpholine rings is 1. The highest BCUT2D eigenvalue weighted by Crippen LogP contribution is 2.30. The number of carbonyl (C=O) groups is 1. The molecular weight excluding hydrogens is 373 g/mol. The van der Waals surface area contributed by atoms with Crippen molar-refractivity contribution in [2.75, 3.05) is 39.5 Å². The normalized spacial score (nSPS) is 16.8. The van der Waals surface area contributed by atoms with Gasteiger partial charge in [0.05, 0.1) is 18.8 Å². The van der Waals surface area contributed by atoms with Crippen LogP contribution in [0.2, 0.25) is 0 Å². The van der Waals surface area contributed by atoms with Gasteiger partial charge in [0.1, 0.15) is 5.75 Å². The molecule has 28 heavy (non-hydrogen) atoms. The highest BCUT2D eigenvalue weighted by atomic mass is 19.4. The van der Waals surface area contributed by atoms with Crippen LogP contribution in [0.4, 0.5) is 13.2 Å². The third-order valence-corrected chi connectivity index (χ3v) is 5.17. The lowest BCUT2D eigenvalue weighted by molar-refractivity contribution is -0.137. The summed E-state index contributed by atoms with van der Waals surface area (Å²) in [6, 6.07) is 4.55. The van der Waals surface area contributed by atoms with Crippen LogP contribution in [0.1, 0.15) is 32.3 Å². The Morgan fingerprint density at radius 1 is 1.18 bits per heavy atom. The monoisotopic (exact) mass is 402 g/mol. The van der Waals surface area contributed by atoms with Gasteiger partial charge in [0.2, 0.25) is 0 Å². The fourth-order valence-electron chi connectivity index (χ4n) is 3.49. The Morgan fingerprint density at radius 3 is 2.32 bits per heavy atom. The zero-order chi connectivity index (χ0) is 20.6. The van der Waals surface area contributed by atoms with Gasteiger partial charge < -0.3 is 14.8 Å². The Bertz CT molecular complexity index is 598. The number of nitrogens with zero attached hydrogens (tertiary/aromatic N) is 1. The molecule has 8 heteroatoms. The van der Waals surface area contributed by atoms with Crippen molar-refractivity contribution in [2.24, 2.45) is 5.92 Å². The predicted molar refractivity (Wildman–Crippen MR) is 100 cm³/mol. The lowest BCUT2D eigenvalue weighted by Crippen LogP contribution is -2.52.